The van der Waals surface area contributed by atoms with E-state index in [1.54, 1.807) is 30.3 Å². The van der Waals surface area contributed by atoms with Crippen LogP contribution in [0.25, 0.3) is 0 Å². The number of rotatable bonds is 6. The number of halogens is 5. The number of benzene rings is 2. The normalized spacial score (nSPS) is 12.1. The summed E-state index contributed by atoms with van der Waals surface area (Å²) >= 11 is 0. The van der Waals surface area contributed by atoms with Gasteiger partial charge in [-0.3, -0.25) is 4.79 Å². The molecule has 0 bridgehead atoms. The quantitative estimate of drug-likeness (QED) is 0.458. The van der Waals surface area contributed by atoms with Crippen LogP contribution >= 0.6 is 0 Å². The molecule has 0 radical (unpaired) electrons. The van der Waals surface area contributed by atoms with Crippen molar-refractivity contribution < 1.29 is 26.7 Å². The van der Waals surface area contributed by atoms with Gasteiger partial charge in [-0.25, -0.2) is 22.0 Å². The molecule has 0 aliphatic rings. The number of carbonyl (C=O) groups is 1. The molecule has 0 aromatic heterocycles. The summed E-state index contributed by atoms with van der Waals surface area (Å²) in [6, 6.07) is 8.48. The maximum atomic E-state index is 13.7. The maximum Gasteiger partial charge on any atom is 0.225 e. The van der Waals surface area contributed by atoms with Crippen LogP contribution in [0.3, 0.4) is 0 Å². The molecule has 1 amide bonds. The van der Waals surface area contributed by atoms with Crippen LogP contribution in [-0.4, -0.2) is 5.91 Å². The van der Waals surface area contributed by atoms with E-state index in [0.717, 1.165) is 12.0 Å². The van der Waals surface area contributed by atoms with E-state index in [1.807, 2.05) is 6.92 Å². The third-order valence-corrected chi connectivity index (χ3v) is 3.75. The van der Waals surface area contributed by atoms with Crippen molar-refractivity contribution in [2.45, 2.75) is 32.2 Å². The zero-order chi connectivity index (χ0) is 18.6. The van der Waals surface area contributed by atoms with Crippen molar-refractivity contribution in [2.24, 2.45) is 0 Å². The third kappa shape index (κ3) is 4.15. The minimum Gasteiger partial charge on any atom is -0.349 e. The molecule has 134 valence electrons. The van der Waals surface area contributed by atoms with Gasteiger partial charge in [0.05, 0.1) is 12.5 Å². The summed E-state index contributed by atoms with van der Waals surface area (Å²) in [7, 11) is 0. The summed E-state index contributed by atoms with van der Waals surface area (Å²) < 4.78 is 66.8. The predicted molar refractivity (Wildman–Crippen MR) is 82.2 cm³/mol. The van der Waals surface area contributed by atoms with E-state index < -0.39 is 53.0 Å². The molecule has 2 rings (SSSR count). The van der Waals surface area contributed by atoms with Crippen LogP contribution < -0.4 is 5.32 Å². The fourth-order valence-electron chi connectivity index (χ4n) is 2.51. The van der Waals surface area contributed by atoms with Crippen LogP contribution in [0.5, 0.6) is 0 Å². The number of hydrogen-bond acceptors (Lipinski definition) is 1. The van der Waals surface area contributed by atoms with Crippen molar-refractivity contribution in [1.29, 1.82) is 0 Å². The van der Waals surface area contributed by atoms with Gasteiger partial charge in [-0.05, 0) is 12.0 Å². The van der Waals surface area contributed by atoms with Gasteiger partial charge in [0, 0.05) is 5.56 Å². The predicted octanol–water partition coefficient (Wildman–Crippen LogP) is 4.58. The number of amides is 1. The highest BCUT2D eigenvalue weighted by molar-refractivity contribution is 5.79. The molecule has 0 aliphatic carbocycles. The molecule has 2 nitrogen and oxygen atoms in total. The lowest BCUT2D eigenvalue weighted by Gasteiger charge is -2.19. The van der Waals surface area contributed by atoms with Crippen LogP contribution in [0.2, 0.25) is 0 Å². The van der Waals surface area contributed by atoms with Crippen molar-refractivity contribution in [3.05, 3.63) is 70.5 Å². The van der Waals surface area contributed by atoms with Gasteiger partial charge in [-0.1, -0.05) is 43.7 Å². The van der Waals surface area contributed by atoms with Crippen LogP contribution in [0.1, 0.15) is 36.9 Å². The van der Waals surface area contributed by atoms with E-state index in [9.17, 15) is 26.7 Å². The van der Waals surface area contributed by atoms with Gasteiger partial charge in [0.1, 0.15) is 0 Å². The molecule has 0 saturated carbocycles. The van der Waals surface area contributed by atoms with Gasteiger partial charge in [0.2, 0.25) is 11.7 Å². The maximum absolute atomic E-state index is 13.7. The first kappa shape index (κ1) is 18.9. The third-order valence-electron chi connectivity index (χ3n) is 3.75. The molecule has 1 unspecified atom stereocenters. The number of hydrogen-bond donors (Lipinski definition) is 1. The Balaban J connectivity index is 2.22. The summed E-state index contributed by atoms with van der Waals surface area (Å²) in [6.07, 6.45) is 0.341. The summed E-state index contributed by atoms with van der Waals surface area (Å²) in [5, 5.41) is 2.58. The zero-order valence-electron chi connectivity index (χ0n) is 13.4. The van der Waals surface area contributed by atoms with Crippen molar-refractivity contribution in [3.8, 4) is 0 Å². The van der Waals surface area contributed by atoms with Crippen LogP contribution in [-0.2, 0) is 11.2 Å². The van der Waals surface area contributed by atoms with Gasteiger partial charge >= 0.3 is 0 Å². The molecule has 1 atom stereocenters. The molecule has 25 heavy (non-hydrogen) atoms. The monoisotopic (exact) mass is 357 g/mol. The highest BCUT2D eigenvalue weighted by atomic mass is 19.2. The Morgan fingerprint density at radius 3 is 1.96 bits per heavy atom. The van der Waals surface area contributed by atoms with Crippen LogP contribution in [0.15, 0.2) is 30.3 Å². The Morgan fingerprint density at radius 2 is 1.44 bits per heavy atom. The van der Waals surface area contributed by atoms with Crippen LogP contribution in [0.4, 0.5) is 22.0 Å². The summed E-state index contributed by atoms with van der Waals surface area (Å²) in [5.74, 6) is -11.2. The second kappa shape index (κ2) is 8.09. The Morgan fingerprint density at radius 1 is 0.920 bits per heavy atom. The Hall–Kier alpha value is -2.44. The lowest BCUT2D eigenvalue weighted by molar-refractivity contribution is -0.121. The number of nitrogens with one attached hydrogen (secondary N) is 1. The molecule has 0 heterocycles. The molecular formula is C18H16F5NO. The fourth-order valence-corrected chi connectivity index (χ4v) is 2.51. The molecule has 0 aliphatic heterocycles. The summed E-state index contributed by atoms with van der Waals surface area (Å²) in [5.41, 5.74) is -0.354. The van der Waals surface area contributed by atoms with Crippen LogP contribution in [0, 0.1) is 29.1 Å². The Bertz CT molecular complexity index is 735. The van der Waals surface area contributed by atoms with Gasteiger partial charge in [-0.2, -0.15) is 0 Å². The molecule has 2 aromatic rings. The Labute approximate surface area is 141 Å². The van der Waals surface area contributed by atoms with Crippen molar-refractivity contribution in [2.75, 3.05) is 0 Å². The van der Waals surface area contributed by atoms with E-state index in [4.69, 9.17) is 0 Å². The van der Waals surface area contributed by atoms with Crippen molar-refractivity contribution in [3.63, 3.8) is 0 Å². The van der Waals surface area contributed by atoms with Gasteiger partial charge in [-0.15, -0.1) is 0 Å². The minimum absolute atomic E-state index is 0.417. The van der Waals surface area contributed by atoms with Crippen molar-refractivity contribution >= 4 is 5.91 Å². The molecule has 0 saturated heterocycles. The average molecular weight is 357 g/mol. The molecule has 0 spiro atoms. The molecule has 0 fully saturated rings. The molecule has 7 heteroatoms. The van der Waals surface area contributed by atoms with E-state index in [2.05, 4.69) is 5.32 Å². The lowest BCUT2D eigenvalue weighted by Crippen LogP contribution is -2.30. The van der Waals surface area contributed by atoms with Gasteiger partial charge in [0.25, 0.3) is 0 Å². The molecular weight excluding hydrogens is 341 g/mol. The average Bonchev–Trinajstić information content (AvgIpc) is 2.62. The summed E-state index contributed by atoms with van der Waals surface area (Å²) in [6.45, 7) is 1.89. The first-order valence-electron chi connectivity index (χ1n) is 7.71. The lowest BCUT2D eigenvalue weighted by atomic mass is 10.0. The van der Waals surface area contributed by atoms with E-state index in [0.29, 0.717) is 6.42 Å². The first-order valence-corrected chi connectivity index (χ1v) is 7.71. The molecule has 1 N–H and O–H groups in total. The summed E-state index contributed by atoms with van der Waals surface area (Å²) in [4.78, 5) is 12.1. The van der Waals surface area contributed by atoms with Gasteiger partial charge in [0.15, 0.2) is 23.3 Å². The smallest absolute Gasteiger partial charge is 0.225 e. The highest BCUT2D eigenvalue weighted by Crippen LogP contribution is 2.24. The SMILES string of the molecule is CCCC(NC(=O)Cc1c(F)c(F)c(F)c(F)c1F)c1ccccc1. The first-order chi connectivity index (χ1) is 11.9. The second-order valence-electron chi connectivity index (χ2n) is 5.54. The topological polar surface area (TPSA) is 29.1 Å². The second-order valence-corrected chi connectivity index (χ2v) is 5.54. The Kier molecular flexibility index (Phi) is 6.12. The molecule has 2 aromatic carbocycles. The standard InChI is InChI=1S/C18H16F5NO/c1-2-6-12(10-7-4-3-5-8-10)24-13(25)9-11-14(19)16(21)18(23)17(22)15(11)20/h3-5,7-8,12H,2,6,9H2,1H3,(H,24,25). The van der Waals surface area contributed by atoms with E-state index >= 15 is 0 Å². The highest BCUT2D eigenvalue weighted by Gasteiger charge is 2.27. The zero-order valence-corrected chi connectivity index (χ0v) is 13.4. The van der Waals surface area contributed by atoms with E-state index in [1.165, 1.54) is 0 Å². The van der Waals surface area contributed by atoms with E-state index in [-0.39, 0.29) is 0 Å². The van der Waals surface area contributed by atoms with Gasteiger partial charge < -0.3 is 5.32 Å². The van der Waals surface area contributed by atoms with Crippen molar-refractivity contribution in [1.82, 2.24) is 5.32 Å². The largest absolute Gasteiger partial charge is 0.349 e. The fraction of sp³-hybridized carbons (Fsp3) is 0.278. The minimum atomic E-state index is -2.24. The number of carbonyl (C=O) groups excluding carboxylic acids is 1.